The fourth-order valence-electron chi connectivity index (χ4n) is 14.1. The molecule has 1 aliphatic carbocycles. The van der Waals surface area contributed by atoms with Crippen molar-refractivity contribution in [2.45, 2.75) is 182 Å². The summed E-state index contributed by atoms with van der Waals surface area (Å²) in [7, 11) is 0. The molecule has 11 rings (SSSR count). The summed E-state index contributed by atoms with van der Waals surface area (Å²) in [6, 6.07) is 55.6. The van der Waals surface area contributed by atoms with Gasteiger partial charge in [-0.05, 0) is 168 Å². The van der Waals surface area contributed by atoms with Crippen molar-refractivity contribution in [1.29, 1.82) is 0 Å². The van der Waals surface area contributed by atoms with Crippen molar-refractivity contribution in [2.75, 3.05) is 14.7 Å². The van der Waals surface area contributed by atoms with Gasteiger partial charge in [-0.3, -0.25) is 0 Å². The van der Waals surface area contributed by atoms with Gasteiger partial charge in [-0.1, -0.05) is 203 Å². The van der Waals surface area contributed by atoms with E-state index in [1.54, 1.807) is 0 Å². The highest BCUT2D eigenvalue weighted by Crippen LogP contribution is 2.67. The van der Waals surface area contributed by atoms with Crippen LogP contribution < -0.4 is 31.1 Å². The van der Waals surface area contributed by atoms with Crippen molar-refractivity contribution < 1.29 is 0 Å². The van der Waals surface area contributed by atoms with Gasteiger partial charge in [-0.2, -0.15) is 0 Å². The van der Waals surface area contributed by atoms with Crippen molar-refractivity contribution >= 4 is 68.6 Å². The number of fused-ring (bicyclic) bond motifs is 7. The summed E-state index contributed by atoms with van der Waals surface area (Å²) in [4.78, 5) is 8.10. The van der Waals surface area contributed by atoms with Gasteiger partial charge in [0.1, 0.15) is 0 Å². The summed E-state index contributed by atoms with van der Waals surface area (Å²) in [6.07, 6.45) is 2.25. The van der Waals surface area contributed by atoms with Crippen LogP contribution in [0.15, 0.2) is 140 Å². The van der Waals surface area contributed by atoms with Crippen molar-refractivity contribution in [3.05, 3.63) is 173 Å². The molecule has 0 amide bonds. The zero-order valence-electron chi connectivity index (χ0n) is 49.1. The molecule has 3 heterocycles. The molecule has 4 heteroatoms. The summed E-state index contributed by atoms with van der Waals surface area (Å²) >= 11 is 0. The molecule has 2 unspecified atom stereocenters. The molecule has 1 fully saturated rings. The first-order valence-electron chi connectivity index (χ1n) is 28.1. The largest absolute Gasteiger partial charge is 0.334 e. The lowest BCUT2D eigenvalue weighted by Gasteiger charge is -2.47. The van der Waals surface area contributed by atoms with Crippen LogP contribution in [0.2, 0.25) is 0 Å². The first-order chi connectivity index (χ1) is 34.8. The van der Waals surface area contributed by atoms with Gasteiger partial charge in [0.2, 0.25) is 0 Å². The first-order valence-corrected chi connectivity index (χ1v) is 28.1. The maximum atomic E-state index is 2.79. The number of hydrogen-bond acceptors (Lipinski definition) is 3. The Morgan fingerprint density at radius 3 is 1.48 bits per heavy atom. The molecule has 7 aromatic carbocycles. The minimum Gasteiger partial charge on any atom is -0.334 e. The molecule has 0 saturated heterocycles. The van der Waals surface area contributed by atoms with E-state index in [0.717, 1.165) is 12.8 Å². The van der Waals surface area contributed by atoms with Crippen molar-refractivity contribution in [1.82, 2.24) is 0 Å². The third-order valence-corrected chi connectivity index (χ3v) is 18.3. The normalized spacial score (nSPS) is 19.9. The van der Waals surface area contributed by atoms with E-state index in [0.29, 0.717) is 0 Å². The predicted molar refractivity (Wildman–Crippen MR) is 327 cm³/mol. The van der Waals surface area contributed by atoms with Gasteiger partial charge in [0, 0.05) is 50.8 Å². The molecule has 75 heavy (non-hydrogen) atoms. The van der Waals surface area contributed by atoms with Crippen LogP contribution >= 0.6 is 0 Å². The highest BCUT2D eigenvalue weighted by molar-refractivity contribution is 7.00. The fraction of sp³-hybridized carbons (Fsp3) is 0.408. The lowest BCUT2D eigenvalue weighted by Crippen LogP contribution is -2.61. The minimum absolute atomic E-state index is 0.0169. The number of benzene rings is 7. The van der Waals surface area contributed by atoms with E-state index in [1.165, 1.54) is 106 Å². The Morgan fingerprint density at radius 1 is 0.387 bits per heavy atom. The van der Waals surface area contributed by atoms with Crippen LogP contribution in [0.3, 0.4) is 0 Å². The Labute approximate surface area is 452 Å². The quantitative estimate of drug-likeness (QED) is 0.163. The van der Waals surface area contributed by atoms with Crippen LogP contribution in [0.25, 0.3) is 11.1 Å². The number of anilines is 8. The molecule has 2 atom stereocenters. The molecule has 3 nitrogen and oxygen atoms in total. The second-order valence-corrected chi connectivity index (χ2v) is 29.6. The van der Waals surface area contributed by atoms with Crippen LogP contribution in [0.1, 0.15) is 178 Å². The molecule has 3 aliphatic heterocycles. The van der Waals surface area contributed by atoms with E-state index in [2.05, 4.69) is 286 Å². The lowest BCUT2D eigenvalue weighted by atomic mass is 9.33. The van der Waals surface area contributed by atoms with Crippen molar-refractivity contribution in [3.8, 4) is 11.1 Å². The van der Waals surface area contributed by atoms with Crippen LogP contribution in [-0.2, 0) is 32.5 Å². The summed E-state index contributed by atoms with van der Waals surface area (Å²) in [5.41, 5.74) is 24.6. The van der Waals surface area contributed by atoms with E-state index in [1.807, 2.05) is 0 Å². The van der Waals surface area contributed by atoms with Crippen LogP contribution in [-0.4, -0.2) is 12.3 Å². The van der Waals surface area contributed by atoms with E-state index >= 15 is 0 Å². The Hall–Kier alpha value is -6.00. The lowest BCUT2D eigenvalue weighted by molar-refractivity contribution is 0.330. The Balaban J connectivity index is 1.24. The summed E-state index contributed by atoms with van der Waals surface area (Å²) < 4.78 is 0. The Morgan fingerprint density at radius 2 is 0.893 bits per heavy atom. The van der Waals surface area contributed by atoms with Gasteiger partial charge < -0.3 is 14.7 Å². The fourth-order valence-corrected chi connectivity index (χ4v) is 14.1. The number of hydrogen-bond donors (Lipinski definition) is 0. The van der Waals surface area contributed by atoms with Gasteiger partial charge in [0.15, 0.2) is 0 Å². The molecule has 0 N–H and O–H groups in total. The molecule has 386 valence electrons. The summed E-state index contributed by atoms with van der Waals surface area (Å²) in [6.45, 7) is 45.4. The smallest absolute Gasteiger partial charge is 0.252 e. The van der Waals surface area contributed by atoms with E-state index in [9.17, 15) is 0 Å². The molecule has 7 aromatic rings. The third-order valence-electron chi connectivity index (χ3n) is 18.3. The molecule has 0 aromatic heterocycles. The van der Waals surface area contributed by atoms with E-state index in [4.69, 9.17) is 0 Å². The zero-order valence-corrected chi connectivity index (χ0v) is 49.1. The van der Waals surface area contributed by atoms with Crippen LogP contribution in [0.4, 0.5) is 45.5 Å². The highest BCUT2D eigenvalue weighted by Gasteiger charge is 2.64. The molecule has 0 radical (unpaired) electrons. The van der Waals surface area contributed by atoms with Crippen LogP contribution in [0.5, 0.6) is 0 Å². The van der Waals surface area contributed by atoms with Gasteiger partial charge in [-0.15, -0.1) is 0 Å². The molecule has 0 bridgehead atoms. The molecule has 0 spiro atoms. The molecular formula is C71H84BN3. The van der Waals surface area contributed by atoms with Gasteiger partial charge in [-0.25, -0.2) is 0 Å². The predicted octanol–water partition coefficient (Wildman–Crippen LogP) is 17.9. The Bertz CT molecular complexity index is 3420. The van der Waals surface area contributed by atoms with E-state index < -0.39 is 0 Å². The third kappa shape index (κ3) is 8.12. The maximum absolute atomic E-state index is 2.79. The average molecular weight is 990 g/mol. The molecular weight excluding hydrogens is 906 g/mol. The summed E-state index contributed by atoms with van der Waals surface area (Å²) in [5, 5.41) is 0. The first kappa shape index (κ1) is 51.1. The van der Waals surface area contributed by atoms with Crippen molar-refractivity contribution in [2.24, 2.45) is 5.41 Å². The second-order valence-electron chi connectivity index (χ2n) is 29.6. The monoisotopic (exact) mass is 990 g/mol. The number of rotatable bonds is 4. The molecule has 1 saturated carbocycles. The SMILES string of the molecule is CC1(C)CC2(C)c3cc(C(C)(C)C)ccc3N(c3ccc4c(c3)N(c3ccc(C(C)(C)C)cc3)c3cc(C(C)(C)C)cc5c3B4c3cc(C(C)(C)C)ccc3N5c3ccc(C(C)(C)C)cc3-c3ccccc3)C2(C)C1. The maximum Gasteiger partial charge on any atom is 0.252 e. The van der Waals surface area contributed by atoms with Gasteiger partial charge in [0.05, 0.1) is 11.2 Å². The van der Waals surface area contributed by atoms with Crippen molar-refractivity contribution in [3.63, 3.8) is 0 Å². The van der Waals surface area contributed by atoms with Gasteiger partial charge >= 0.3 is 0 Å². The van der Waals surface area contributed by atoms with Gasteiger partial charge in [0.25, 0.3) is 6.71 Å². The zero-order chi connectivity index (χ0) is 54.0. The summed E-state index contributed by atoms with van der Waals surface area (Å²) in [5.74, 6) is 0. The highest BCUT2D eigenvalue weighted by atomic mass is 15.3. The standard InChI is InChI=1S/C71H84BN3/c1-64(2,3)46-25-30-51(31-26-46)73-60-42-52(75-58-35-28-48(66(7,8)9)38-54(58)70(18)43-69(16,17)44-71(70,75)19)32-33-55(60)72-56-39-49(67(10,11)12)29-36-59(56)74(62-41-50(68(13,14)15)40-61(73)63(62)72)57-34-27-47(65(4,5)6)37-53(57)45-23-21-20-22-24-45/h20-42H,43-44H2,1-19H3. The topological polar surface area (TPSA) is 9.72 Å². The average Bonchev–Trinajstić information content (AvgIpc) is 3.64. The minimum atomic E-state index is -0.148. The van der Waals surface area contributed by atoms with Crippen LogP contribution in [0, 0.1) is 5.41 Å². The van der Waals surface area contributed by atoms with E-state index in [-0.39, 0.29) is 50.2 Å². The second kappa shape index (κ2) is 16.5. The number of nitrogens with zero attached hydrogens (tertiary/aromatic N) is 3. The Kier molecular flexibility index (Phi) is 11.3. The molecule has 4 aliphatic rings.